The summed E-state index contributed by atoms with van der Waals surface area (Å²) in [6.07, 6.45) is 0. The van der Waals surface area contributed by atoms with Gasteiger partial charge in [-0.15, -0.1) is 0 Å². The number of carboxylic acids is 1. The number of benzene rings is 3. The van der Waals surface area contributed by atoms with E-state index in [1.54, 1.807) is 31.0 Å². The zero-order chi connectivity index (χ0) is 19.2. The lowest BCUT2D eigenvalue weighted by Gasteiger charge is -2.13. The number of phenols is 1. The number of hydrogen-bond donors (Lipinski definition) is 3. The van der Waals surface area contributed by atoms with E-state index in [1.807, 2.05) is 48.5 Å². The highest BCUT2D eigenvalue weighted by molar-refractivity contribution is 7.99. The number of aromatic hydroxyl groups is 1. The number of aromatic carboxylic acids is 1. The molecule has 0 aromatic heterocycles. The standard InChI is InChI=1S/C21H19NO4S/c1-26-15-9-11-16(12-10-15)27-19-8-3-2-5-14(19)13-22-18-7-4-6-17(20(18)23)21(24)25/h2-12,22-23H,13H2,1H3,(H,24,25). The van der Waals surface area contributed by atoms with Gasteiger partial charge in [-0.25, -0.2) is 4.79 Å². The molecule has 6 heteroatoms. The zero-order valence-electron chi connectivity index (χ0n) is 14.7. The summed E-state index contributed by atoms with van der Waals surface area (Å²) in [5, 5.41) is 22.4. The fourth-order valence-corrected chi connectivity index (χ4v) is 3.51. The third-order valence-electron chi connectivity index (χ3n) is 4.00. The molecule has 0 amide bonds. The second-order valence-electron chi connectivity index (χ2n) is 5.75. The number of nitrogens with one attached hydrogen (secondary N) is 1. The molecule has 0 radical (unpaired) electrons. The lowest BCUT2D eigenvalue weighted by atomic mass is 10.1. The summed E-state index contributed by atoms with van der Waals surface area (Å²) in [7, 11) is 1.64. The minimum atomic E-state index is -1.16. The second-order valence-corrected chi connectivity index (χ2v) is 6.86. The molecule has 0 heterocycles. The van der Waals surface area contributed by atoms with Crippen LogP contribution < -0.4 is 10.1 Å². The maximum Gasteiger partial charge on any atom is 0.339 e. The number of methoxy groups -OCH3 is 1. The molecule has 3 aromatic rings. The van der Waals surface area contributed by atoms with E-state index >= 15 is 0 Å². The highest BCUT2D eigenvalue weighted by Crippen LogP contribution is 2.33. The fraction of sp³-hybridized carbons (Fsp3) is 0.0952. The van der Waals surface area contributed by atoms with E-state index in [1.165, 1.54) is 6.07 Å². The van der Waals surface area contributed by atoms with Crippen molar-refractivity contribution in [2.45, 2.75) is 16.3 Å². The van der Waals surface area contributed by atoms with E-state index in [0.29, 0.717) is 12.2 Å². The molecule has 0 saturated heterocycles. The van der Waals surface area contributed by atoms with Crippen LogP contribution in [0.4, 0.5) is 5.69 Å². The van der Waals surface area contributed by atoms with Gasteiger partial charge in [-0.3, -0.25) is 0 Å². The average Bonchev–Trinajstić information content (AvgIpc) is 2.68. The van der Waals surface area contributed by atoms with E-state index in [0.717, 1.165) is 21.1 Å². The molecule has 0 aliphatic rings. The van der Waals surface area contributed by atoms with Crippen molar-refractivity contribution in [1.82, 2.24) is 0 Å². The number of para-hydroxylation sites is 1. The van der Waals surface area contributed by atoms with E-state index in [9.17, 15) is 9.90 Å². The predicted molar refractivity (Wildman–Crippen MR) is 106 cm³/mol. The first kappa shape index (κ1) is 18.7. The first-order valence-corrected chi connectivity index (χ1v) is 9.09. The Bertz CT molecular complexity index is 941. The Kier molecular flexibility index (Phi) is 5.88. The van der Waals surface area contributed by atoms with Crippen molar-refractivity contribution in [2.75, 3.05) is 12.4 Å². The van der Waals surface area contributed by atoms with E-state index in [4.69, 9.17) is 9.84 Å². The largest absolute Gasteiger partial charge is 0.505 e. The van der Waals surface area contributed by atoms with Gasteiger partial charge in [0.1, 0.15) is 11.3 Å². The molecule has 27 heavy (non-hydrogen) atoms. The number of ether oxygens (including phenoxy) is 1. The molecule has 0 unspecified atom stereocenters. The maximum absolute atomic E-state index is 11.2. The van der Waals surface area contributed by atoms with Crippen LogP contribution in [0.1, 0.15) is 15.9 Å². The molecule has 0 atom stereocenters. The molecule has 0 saturated carbocycles. The Balaban J connectivity index is 1.76. The van der Waals surface area contributed by atoms with E-state index in [-0.39, 0.29) is 11.3 Å². The summed E-state index contributed by atoms with van der Waals surface area (Å²) < 4.78 is 5.18. The lowest BCUT2D eigenvalue weighted by Crippen LogP contribution is -2.04. The molecule has 5 nitrogen and oxygen atoms in total. The second kappa shape index (κ2) is 8.51. The smallest absolute Gasteiger partial charge is 0.339 e. The zero-order valence-corrected chi connectivity index (χ0v) is 15.5. The highest BCUT2D eigenvalue weighted by atomic mass is 32.2. The van der Waals surface area contributed by atoms with Crippen molar-refractivity contribution in [3.63, 3.8) is 0 Å². The molecule has 0 bridgehead atoms. The van der Waals surface area contributed by atoms with Gasteiger partial charge in [0.2, 0.25) is 0 Å². The molecule has 0 aliphatic heterocycles. The molecular weight excluding hydrogens is 362 g/mol. The van der Waals surface area contributed by atoms with E-state index in [2.05, 4.69) is 5.32 Å². The minimum absolute atomic E-state index is 0.124. The Hall–Kier alpha value is -3.12. The van der Waals surface area contributed by atoms with Crippen molar-refractivity contribution in [2.24, 2.45) is 0 Å². The van der Waals surface area contributed by atoms with Crippen LogP contribution in [0.5, 0.6) is 11.5 Å². The summed E-state index contributed by atoms with van der Waals surface area (Å²) in [5.41, 5.74) is 1.30. The van der Waals surface area contributed by atoms with Gasteiger partial charge in [0.15, 0.2) is 5.75 Å². The average molecular weight is 381 g/mol. The van der Waals surface area contributed by atoms with Crippen LogP contribution in [0.15, 0.2) is 76.5 Å². The van der Waals surface area contributed by atoms with Crippen molar-refractivity contribution in [3.8, 4) is 11.5 Å². The summed E-state index contributed by atoms with van der Waals surface area (Å²) in [6, 6.07) is 20.4. The van der Waals surface area contributed by atoms with Gasteiger partial charge in [-0.05, 0) is 48.0 Å². The molecule has 3 rings (SSSR count). The molecule has 138 valence electrons. The first-order chi connectivity index (χ1) is 13.1. The van der Waals surface area contributed by atoms with Crippen LogP contribution in [0.2, 0.25) is 0 Å². The lowest BCUT2D eigenvalue weighted by molar-refractivity contribution is 0.0694. The van der Waals surface area contributed by atoms with Crippen molar-refractivity contribution in [3.05, 3.63) is 77.9 Å². The van der Waals surface area contributed by atoms with Crippen molar-refractivity contribution in [1.29, 1.82) is 0 Å². The van der Waals surface area contributed by atoms with E-state index < -0.39 is 5.97 Å². The fourth-order valence-electron chi connectivity index (χ4n) is 2.57. The van der Waals surface area contributed by atoms with Crippen LogP contribution in [0.3, 0.4) is 0 Å². The number of rotatable bonds is 7. The SMILES string of the molecule is COc1ccc(Sc2ccccc2CNc2cccc(C(=O)O)c2O)cc1. The van der Waals surface area contributed by atoms with Crippen LogP contribution in [-0.2, 0) is 6.54 Å². The van der Waals surface area contributed by atoms with Crippen LogP contribution in [0, 0.1) is 0 Å². The summed E-state index contributed by atoms with van der Waals surface area (Å²) in [5.74, 6) is -0.611. The minimum Gasteiger partial charge on any atom is -0.505 e. The Morgan fingerprint density at radius 3 is 2.48 bits per heavy atom. The monoisotopic (exact) mass is 381 g/mol. The molecule has 3 N–H and O–H groups in total. The van der Waals surface area contributed by atoms with Gasteiger partial charge in [-0.1, -0.05) is 36.0 Å². The third kappa shape index (κ3) is 4.54. The third-order valence-corrected chi connectivity index (χ3v) is 5.12. The quantitative estimate of drug-likeness (QED) is 0.507. The molecule has 0 fully saturated rings. The highest BCUT2D eigenvalue weighted by Gasteiger charge is 2.13. The van der Waals surface area contributed by atoms with Gasteiger partial charge in [0, 0.05) is 16.3 Å². The Morgan fingerprint density at radius 2 is 1.78 bits per heavy atom. The van der Waals surface area contributed by atoms with Crippen LogP contribution in [-0.4, -0.2) is 23.3 Å². The predicted octanol–water partition coefficient (Wildman–Crippen LogP) is 4.86. The van der Waals surface area contributed by atoms with Gasteiger partial charge in [-0.2, -0.15) is 0 Å². The molecule has 3 aromatic carbocycles. The number of anilines is 1. The van der Waals surface area contributed by atoms with Crippen LogP contribution >= 0.6 is 11.8 Å². The van der Waals surface area contributed by atoms with Gasteiger partial charge in [0.05, 0.1) is 12.8 Å². The van der Waals surface area contributed by atoms with Gasteiger partial charge >= 0.3 is 5.97 Å². The molecule has 0 aliphatic carbocycles. The molecule has 0 spiro atoms. The van der Waals surface area contributed by atoms with Crippen molar-refractivity contribution < 1.29 is 19.7 Å². The number of carbonyl (C=O) groups is 1. The number of hydrogen-bond acceptors (Lipinski definition) is 5. The maximum atomic E-state index is 11.2. The summed E-state index contributed by atoms with van der Waals surface area (Å²) >= 11 is 1.63. The molecular formula is C21H19NO4S. The Morgan fingerprint density at radius 1 is 1.04 bits per heavy atom. The normalized spacial score (nSPS) is 10.4. The Labute approximate surface area is 161 Å². The van der Waals surface area contributed by atoms with Gasteiger partial charge < -0.3 is 20.3 Å². The van der Waals surface area contributed by atoms with Crippen LogP contribution in [0.25, 0.3) is 0 Å². The summed E-state index contributed by atoms with van der Waals surface area (Å²) in [4.78, 5) is 13.3. The topological polar surface area (TPSA) is 78.8 Å². The summed E-state index contributed by atoms with van der Waals surface area (Å²) in [6.45, 7) is 0.454. The first-order valence-electron chi connectivity index (χ1n) is 8.27. The van der Waals surface area contributed by atoms with Gasteiger partial charge in [0.25, 0.3) is 0 Å². The number of carboxylic acid groups (broad SMARTS) is 1. The van der Waals surface area contributed by atoms with Crippen molar-refractivity contribution >= 4 is 23.4 Å².